The van der Waals surface area contributed by atoms with Crippen molar-refractivity contribution in [2.45, 2.75) is 25.7 Å². The van der Waals surface area contributed by atoms with Crippen LogP contribution < -0.4 is 4.74 Å². The minimum Gasteiger partial charge on any atom is -0.497 e. The summed E-state index contributed by atoms with van der Waals surface area (Å²) in [5, 5.41) is 0. The van der Waals surface area contributed by atoms with E-state index in [1.54, 1.807) is 7.11 Å². The molecule has 0 N–H and O–H groups in total. The molecule has 3 nitrogen and oxygen atoms in total. The molecule has 0 fully saturated rings. The van der Waals surface area contributed by atoms with Crippen LogP contribution in [0.2, 0.25) is 0 Å². The molecule has 3 heteroatoms. The van der Waals surface area contributed by atoms with Gasteiger partial charge in [0, 0.05) is 13.8 Å². The fraction of sp³-hybridized carbons (Fsp3) is 0.238. The van der Waals surface area contributed by atoms with Gasteiger partial charge in [-0.25, -0.2) is 0 Å². The highest BCUT2D eigenvalue weighted by Crippen LogP contribution is 2.34. The maximum Gasteiger partial charge on any atom is 0.205 e. The molecule has 0 bridgehead atoms. The van der Waals surface area contributed by atoms with Crippen LogP contribution in [0.4, 0.5) is 0 Å². The van der Waals surface area contributed by atoms with Crippen LogP contribution in [0, 0.1) is 0 Å². The minimum absolute atomic E-state index is 0.120. The summed E-state index contributed by atoms with van der Waals surface area (Å²) in [4.78, 5) is 0. The molecular formula is C21H22O3. The van der Waals surface area contributed by atoms with Crippen molar-refractivity contribution in [1.82, 2.24) is 0 Å². The first-order valence-electron chi connectivity index (χ1n) is 8.01. The number of ether oxygens (including phenoxy) is 3. The van der Waals surface area contributed by atoms with Gasteiger partial charge in [-0.1, -0.05) is 48.5 Å². The van der Waals surface area contributed by atoms with Crippen LogP contribution in [-0.4, -0.2) is 12.9 Å². The molecule has 1 heterocycles. The van der Waals surface area contributed by atoms with Crippen molar-refractivity contribution in [3.05, 3.63) is 83.6 Å². The van der Waals surface area contributed by atoms with Crippen molar-refractivity contribution in [1.29, 1.82) is 0 Å². The average Bonchev–Trinajstić information content (AvgIpc) is 2.60. The molecule has 3 rings (SSSR count). The Morgan fingerprint density at radius 3 is 2.33 bits per heavy atom. The Morgan fingerprint density at radius 2 is 1.67 bits per heavy atom. The Kier molecular flexibility index (Phi) is 4.72. The first-order valence-corrected chi connectivity index (χ1v) is 8.01. The molecule has 1 aliphatic heterocycles. The Hall–Kier alpha value is -2.52. The second-order valence-electron chi connectivity index (χ2n) is 6.13. The standard InChI is InChI=1S/C21H22O3/c1-21(2)23-19(14-11-16-9-12-18(22-3)13-10-16)15-20(24-21)17-7-5-4-6-8-17/h4-15,20H,1-3H3/b14-11+. The van der Waals surface area contributed by atoms with Crippen molar-refractivity contribution >= 4 is 6.08 Å². The Bertz CT molecular complexity index is 727. The highest BCUT2D eigenvalue weighted by Gasteiger charge is 2.30. The van der Waals surface area contributed by atoms with E-state index >= 15 is 0 Å². The summed E-state index contributed by atoms with van der Waals surface area (Å²) < 4.78 is 17.1. The van der Waals surface area contributed by atoms with Gasteiger partial charge in [-0.05, 0) is 35.4 Å². The molecule has 1 atom stereocenters. The van der Waals surface area contributed by atoms with Gasteiger partial charge < -0.3 is 14.2 Å². The van der Waals surface area contributed by atoms with E-state index in [1.165, 1.54) is 0 Å². The predicted molar refractivity (Wildman–Crippen MR) is 95.5 cm³/mol. The molecule has 24 heavy (non-hydrogen) atoms. The van der Waals surface area contributed by atoms with E-state index in [-0.39, 0.29) is 6.10 Å². The molecule has 1 unspecified atom stereocenters. The minimum atomic E-state index is -0.672. The number of hydrogen-bond donors (Lipinski definition) is 0. The lowest BCUT2D eigenvalue weighted by atomic mass is 10.1. The van der Waals surface area contributed by atoms with Gasteiger partial charge in [0.05, 0.1) is 7.11 Å². The summed E-state index contributed by atoms with van der Waals surface area (Å²) in [7, 11) is 1.66. The Labute approximate surface area is 143 Å². The molecule has 1 aliphatic rings. The maximum absolute atomic E-state index is 6.02. The zero-order valence-corrected chi connectivity index (χ0v) is 14.2. The molecule has 0 spiro atoms. The summed E-state index contributed by atoms with van der Waals surface area (Å²) in [6.07, 6.45) is 5.88. The van der Waals surface area contributed by atoms with E-state index in [4.69, 9.17) is 14.2 Å². The summed E-state index contributed by atoms with van der Waals surface area (Å²) in [5.74, 6) is 0.976. The topological polar surface area (TPSA) is 27.7 Å². The van der Waals surface area contributed by atoms with Crippen molar-refractivity contribution in [3.8, 4) is 5.75 Å². The van der Waals surface area contributed by atoms with Gasteiger partial charge in [0.25, 0.3) is 0 Å². The zero-order valence-electron chi connectivity index (χ0n) is 14.2. The normalized spacial score (nSPS) is 19.6. The smallest absolute Gasteiger partial charge is 0.205 e. The monoisotopic (exact) mass is 322 g/mol. The summed E-state index contributed by atoms with van der Waals surface area (Å²) in [6.45, 7) is 3.86. The van der Waals surface area contributed by atoms with Gasteiger partial charge in [0.1, 0.15) is 17.6 Å². The van der Waals surface area contributed by atoms with Crippen LogP contribution in [-0.2, 0) is 9.47 Å². The SMILES string of the molecule is COc1ccc(/C=C/C2=CC(c3ccccc3)OC(C)(C)O2)cc1. The Morgan fingerprint density at radius 1 is 0.958 bits per heavy atom. The number of rotatable bonds is 4. The second kappa shape index (κ2) is 6.93. The first-order chi connectivity index (χ1) is 11.6. The van der Waals surface area contributed by atoms with E-state index in [1.807, 2.05) is 74.5 Å². The van der Waals surface area contributed by atoms with Crippen LogP contribution in [0.5, 0.6) is 5.75 Å². The molecule has 0 saturated carbocycles. The van der Waals surface area contributed by atoms with Crippen molar-refractivity contribution in [3.63, 3.8) is 0 Å². The number of methoxy groups -OCH3 is 1. The van der Waals surface area contributed by atoms with Gasteiger partial charge >= 0.3 is 0 Å². The van der Waals surface area contributed by atoms with E-state index in [0.717, 1.165) is 22.6 Å². The van der Waals surface area contributed by atoms with E-state index in [0.29, 0.717) is 0 Å². The van der Waals surface area contributed by atoms with Crippen molar-refractivity contribution < 1.29 is 14.2 Å². The summed E-state index contributed by atoms with van der Waals surface area (Å²) in [6, 6.07) is 18.1. The lowest BCUT2D eigenvalue weighted by Gasteiger charge is -2.35. The molecule has 0 radical (unpaired) electrons. The van der Waals surface area contributed by atoms with Crippen molar-refractivity contribution in [2.75, 3.05) is 7.11 Å². The predicted octanol–water partition coefficient (Wildman–Crippen LogP) is 5.12. The largest absolute Gasteiger partial charge is 0.497 e. The zero-order chi connectivity index (χ0) is 17.0. The van der Waals surface area contributed by atoms with Gasteiger partial charge in [-0.15, -0.1) is 0 Å². The molecular weight excluding hydrogens is 300 g/mol. The molecule has 2 aromatic carbocycles. The van der Waals surface area contributed by atoms with Crippen LogP contribution >= 0.6 is 0 Å². The average molecular weight is 322 g/mol. The van der Waals surface area contributed by atoms with Gasteiger partial charge in [0.2, 0.25) is 5.79 Å². The highest BCUT2D eigenvalue weighted by molar-refractivity contribution is 5.53. The lowest BCUT2D eigenvalue weighted by molar-refractivity contribution is -0.221. The summed E-state index contributed by atoms with van der Waals surface area (Å²) >= 11 is 0. The van der Waals surface area contributed by atoms with Crippen LogP contribution in [0.1, 0.15) is 31.1 Å². The number of benzene rings is 2. The third kappa shape index (κ3) is 4.06. The Balaban J connectivity index is 1.82. The maximum atomic E-state index is 6.02. The van der Waals surface area contributed by atoms with Gasteiger partial charge in [0.15, 0.2) is 0 Å². The lowest BCUT2D eigenvalue weighted by Crippen LogP contribution is -2.33. The molecule has 0 saturated heterocycles. The number of allylic oxidation sites excluding steroid dienone is 1. The molecule has 0 amide bonds. The molecule has 0 aromatic heterocycles. The van der Waals surface area contributed by atoms with Crippen molar-refractivity contribution in [2.24, 2.45) is 0 Å². The first kappa shape index (κ1) is 16.3. The van der Waals surface area contributed by atoms with Gasteiger partial charge in [-0.2, -0.15) is 0 Å². The third-order valence-corrected chi connectivity index (χ3v) is 3.77. The van der Waals surface area contributed by atoms with E-state index in [2.05, 4.69) is 12.1 Å². The molecule has 2 aromatic rings. The van der Waals surface area contributed by atoms with E-state index in [9.17, 15) is 0 Å². The molecule has 0 aliphatic carbocycles. The molecule has 124 valence electrons. The van der Waals surface area contributed by atoms with E-state index < -0.39 is 5.79 Å². The van der Waals surface area contributed by atoms with Gasteiger partial charge in [-0.3, -0.25) is 0 Å². The number of hydrogen-bond acceptors (Lipinski definition) is 3. The van der Waals surface area contributed by atoms with Crippen LogP contribution in [0.3, 0.4) is 0 Å². The highest BCUT2D eigenvalue weighted by atomic mass is 16.7. The van der Waals surface area contributed by atoms with Crippen LogP contribution in [0.25, 0.3) is 6.08 Å². The quantitative estimate of drug-likeness (QED) is 0.782. The second-order valence-corrected chi connectivity index (χ2v) is 6.13. The third-order valence-electron chi connectivity index (χ3n) is 3.77. The van der Waals surface area contributed by atoms with Crippen LogP contribution in [0.15, 0.2) is 72.5 Å². The fourth-order valence-corrected chi connectivity index (χ4v) is 2.62. The fourth-order valence-electron chi connectivity index (χ4n) is 2.62. The summed E-state index contributed by atoms with van der Waals surface area (Å²) in [5.41, 5.74) is 2.20.